The summed E-state index contributed by atoms with van der Waals surface area (Å²) in [6.07, 6.45) is 0. The Morgan fingerprint density at radius 2 is 1.63 bits per heavy atom. The first-order valence-corrected chi connectivity index (χ1v) is 10.2. The Hall–Kier alpha value is -3.06. The van der Waals surface area contributed by atoms with Crippen molar-refractivity contribution in [2.24, 2.45) is 0 Å². The van der Waals surface area contributed by atoms with Crippen molar-refractivity contribution in [3.05, 3.63) is 53.6 Å². The van der Waals surface area contributed by atoms with E-state index in [1.54, 1.807) is 7.11 Å². The molecule has 1 aliphatic rings. The highest BCUT2D eigenvalue weighted by Gasteiger charge is 2.20. The molecule has 0 spiro atoms. The zero-order chi connectivity index (χ0) is 21.5. The first-order chi connectivity index (χ1) is 14.5. The molecule has 0 radical (unpaired) electrons. The summed E-state index contributed by atoms with van der Waals surface area (Å²) in [7, 11) is 1.66. The molecular formula is C23H30N4O3. The number of amides is 2. The van der Waals surface area contributed by atoms with E-state index in [0.29, 0.717) is 6.54 Å². The number of nitrogens with one attached hydrogen (secondary N) is 2. The van der Waals surface area contributed by atoms with E-state index in [1.165, 1.54) is 0 Å². The highest BCUT2D eigenvalue weighted by Crippen LogP contribution is 2.22. The molecule has 2 N–H and O–H groups in total. The molecule has 2 aromatic rings. The minimum Gasteiger partial charge on any atom is -0.497 e. The van der Waals surface area contributed by atoms with Crippen LogP contribution >= 0.6 is 0 Å². The second-order valence-electron chi connectivity index (χ2n) is 7.56. The Balaban J connectivity index is 1.41. The summed E-state index contributed by atoms with van der Waals surface area (Å²) in [5, 5.41) is 5.61. The Morgan fingerprint density at radius 3 is 2.30 bits per heavy atom. The normalized spacial score (nSPS) is 14.3. The van der Waals surface area contributed by atoms with E-state index in [2.05, 4.69) is 26.5 Å². The van der Waals surface area contributed by atoms with Gasteiger partial charge in [-0.2, -0.15) is 0 Å². The average molecular weight is 411 g/mol. The molecule has 7 nitrogen and oxygen atoms in total. The molecule has 0 bridgehead atoms. The number of ether oxygens (including phenoxy) is 1. The number of aryl methyl sites for hydroxylation is 2. The third-order valence-corrected chi connectivity index (χ3v) is 5.35. The van der Waals surface area contributed by atoms with Gasteiger partial charge in [-0.1, -0.05) is 24.3 Å². The Morgan fingerprint density at radius 1 is 0.967 bits per heavy atom. The number of piperazine rings is 1. The maximum atomic E-state index is 12.3. The third-order valence-electron chi connectivity index (χ3n) is 5.35. The molecular weight excluding hydrogens is 380 g/mol. The molecule has 1 fully saturated rings. The SMILES string of the molecule is COc1cccc(N2CCN(CC(=O)NCC(=O)Nc3c(C)cccc3C)CC2)c1. The maximum absolute atomic E-state index is 12.3. The molecule has 2 amide bonds. The number of hydrogen-bond acceptors (Lipinski definition) is 5. The number of nitrogens with zero attached hydrogens (tertiary/aromatic N) is 2. The van der Waals surface area contributed by atoms with E-state index < -0.39 is 0 Å². The average Bonchev–Trinajstić information content (AvgIpc) is 2.75. The summed E-state index contributed by atoms with van der Waals surface area (Å²) in [6.45, 7) is 7.43. The van der Waals surface area contributed by atoms with E-state index in [4.69, 9.17) is 4.74 Å². The van der Waals surface area contributed by atoms with Crippen molar-refractivity contribution in [2.75, 3.05) is 56.6 Å². The predicted molar refractivity (Wildman–Crippen MR) is 119 cm³/mol. The molecule has 3 rings (SSSR count). The van der Waals surface area contributed by atoms with Crippen molar-refractivity contribution in [3.63, 3.8) is 0 Å². The van der Waals surface area contributed by atoms with Crippen LogP contribution in [0.25, 0.3) is 0 Å². The van der Waals surface area contributed by atoms with Gasteiger partial charge in [0, 0.05) is 43.6 Å². The molecule has 0 saturated carbocycles. The number of rotatable bonds is 7. The van der Waals surface area contributed by atoms with Gasteiger partial charge in [0.2, 0.25) is 11.8 Å². The zero-order valence-electron chi connectivity index (χ0n) is 17.9. The molecule has 0 atom stereocenters. The van der Waals surface area contributed by atoms with Crippen LogP contribution in [0, 0.1) is 13.8 Å². The van der Waals surface area contributed by atoms with Gasteiger partial charge in [0.25, 0.3) is 0 Å². The lowest BCUT2D eigenvalue weighted by molar-refractivity contribution is -0.125. The van der Waals surface area contributed by atoms with Crippen molar-refractivity contribution >= 4 is 23.2 Å². The standard InChI is InChI=1S/C23H30N4O3/c1-17-6-4-7-18(2)23(17)25-21(28)15-24-22(29)16-26-10-12-27(13-11-26)19-8-5-9-20(14-19)30-3/h4-9,14H,10-13,15-16H2,1-3H3,(H,24,29)(H,25,28). The van der Waals surface area contributed by atoms with Gasteiger partial charge in [0.1, 0.15) is 5.75 Å². The van der Waals surface area contributed by atoms with Crippen molar-refractivity contribution in [3.8, 4) is 5.75 Å². The lowest BCUT2D eigenvalue weighted by Crippen LogP contribution is -2.50. The summed E-state index contributed by atoms with van der Waals surface area (Å²) in [5.74, 6) is 0.485. The molecule has 1 aliphatic heterocycles. The smallest absolute Gasteiger partial charge is 0.243 e. The second-order valence-corrected chi connectivity index (χ2v) is 7.56. The predicted octanol–water partition coefficient (Wildman–Crippen LogP) is 2.19. The largest absolute Gasteiger partial charge is 0.497 e. The van der Waals surface area contributed by atoms with Gasteiger partial charge in [0.15, 0.2) is 0 Å². The van der Waals surface area contributed by atoms with Crippen molar-refractivity contribution in [2.45, 2.75) is 13.8 Å². The lowest BCUT2D eigenvalue weighted by Gasteiger charge is -2.35. The first-order valence-electron chi connectivity index (χ1n) is 10.2. The van der Waals surface area contributed by atoms with Gasteiger partial charge < -0.3 is 20.3 Å². The summed E-state index contributed by atoms with van der Waals surface area (Å²) in [5.41, 5.74) is 3.94. The van der Waals surface area contributed by atoms with Crippen LogP contribution in [0.5, 0.6) is 5.75 Å². The van der Waals surface area contributed by atoms with Crippen LogP contribution in [0.1, 0.15) is 11.1 Å². The molecule has 2 aromatic carbocycles. The Bertz CT molecular complexity index is 872. The number of anilines is 2. The molecule has 1 saturated heterocycles. The third kappa shape index (κ3) is 5.73. The highest BCUT2D eigenvalue weighted by molar-refractivity contribution is 5.95. The van der Waals surface area contributed by atoms with Gasteiger partial charge in [-0.3, -0.25) is 14.5 Å². The van der Waals surface area contributed by atoms with Crippen LogP contribution < -0.4 is 20.3 Å². The fourth-order valence-electron chi connectivity index (χ4n) is 3.60. The van der Waals surface area contributed by atoms with Gasteiger partial charge in [0.05, 0.1) is 20.2 Å². The highest BCUT2D eigenvalue weighted by atomic mass is 16.5. The molecule has 0 aromatic heterocycles. The Labute approximate surface area is 178 Å². The van der Waals surface area contributed by atoms with Crippen LogP contribution in [0.15, 0.2) is 42.5 Å². The minimum absolute atomic E-state index is 0.0314. The van der Waals surface area contributed by atoms with E-state index in [-0.39, 0.29) is 18.4 Å². The van der Waals surface area contributed by atoms with Crippen LogP contribution in [-0.4, -0.2) is 63.1 Å². The monoisotopic (exact) mass is 410 g/mol. The quantitative estimate of drug-likeness (QED) is 0.732. The van der Waals surface area contributed by atoms with Crippen LogP contribution in [0.2, 0.25) is 0 Å². The van der Waals surface area contributed by atoms with E-state index in [9.17, 15) is 9.59 Å². The first kappa shape index (κ1) is 21.6. The number of carbonyl (C=O) groups is 2. The number of methoxy groups -OCH3 is 1. The van der Waals surface area contributed by atoms with Crippen LogP contribution in [0.3, 0.4) is 0 Å². The lowest BCUT2D eigenvalue weighted by atomic mass is 10.1. The fourth-order valence-corrected chi connectivity index (χ4v) is 3.60. The minimum atomic E-state index is -0.219. The summed E-state index contributed by atoms with van der Waals surface area (Å²) in [4.78, 5) is 28.9. The Kier molecular flexibility index (Phi) is 7.30. The number of benzene rings is 2. The number of hydrogen-bond donors (Lipinski definition) is 2. The van der Waals surface area contributed by atoms with Gasteiger partial charge in [-0.05, 0) is 37.1 Å². The van der Waals surface area contributed by atoms with Crippen molar-refractivity contribution in [1.29, 1.82) is 0 Å². The van der Waals surface area contributed by atoms with E-state index in [1.807, 2.05) is 50.2 Å². The number of para-hydroxylation sites is 1. The summed E-state index contributed by atoms with van der Waals surface area (Å²) >= 11 is 0. The fraction of sp³-hybridized carbons (Fsp3) is 0.391. The van der Waals surface area contributed by atoms with E-state index in [0.717, 1.165) is 54.4 Å². The van der Waals surface area contributed by atoms with E-state index >= 15 is 0 Å². The number of carbonyl (C=O) groups excluding carboxylic acids is 2. The van der Waals surface area contributed by atoms with Gasteiger partial charge in [-0.25, -0.2) is 0 Å². The van der Waals surface area contributed by atoms with Gasteiger partial charge in [-0.15, -0.1) is 0 Å². The molecule has 0 unspecified atom stereocenters. The molecule has 160 valence electrons. The van der Waals surface area contributed by atoms with Crippen molar-refractivity contribution < 1.29 is 14.3 Å². The molecule has 1 heterocycles. The summed E-state index contributed by atoms with van der Waals surface area (Å²) < 4.78 is 5.29. The summed E-state index contributed by atoms with van der Waals surface area (Å²) in [6, 6.07) is 13.9. The van der Waals surface area contributed by atoms with Gasteiger partial charge >= 0.3 is 0 Å². The van der Waals surface area contributed by atoms with Crippen LogP contribution in [0.4, 0.5) is 11.4 Å². The maximum Gasteiger partial charge on any atom is 0.243 e. The van der Waals surface area contributed by atoms with Crippen LogP contribution in [-0.2, 0) is 9.59 Å². The topological polar surface area (TPSA) is 73.9 Å². The van der Waals surface area contributed by atoms with Crippen molar-refractivity contribution in [1.82, 2.24) is 10.2 Å². The molecule has 0 aliphatic carbocycles. The second kappa shape index (κ2) is 10.1. The molecule has 7 heteroatoms. The zero-order valence-corrected chi connectivity index (χ0v) is 17.9. The molecule has 30 heavy (non-hydrogen) atoms.